The molecular weight excluding hydrogens is 224 g/mol. The molecule has 18 heavy (non-hydrogen) atoms. The normalized spacial score (nSPS) is 22.7. The van der Waals surface area contributed by atoms with E-state index in [9.17, 15) is 0 Å². The van der Waals surface area contributed by atoms with Crippen LogP contribution < -0.4 is 10.1 Å². The second-order valence-corrected chi connectivity index (χ2v) is 4.95. The van der Waals surface area contributed by atoms with Crippen LogP contribution in [0.3, 0.4) is 0 Å². The second-order valence-electron chi connectivity index (χ2n) is 4.95. The van der Waals surface area contributed by atoms with Gasteiger partial charge in [0.1, 0.15) is 5.75 Å². The fourth-order valence-corrected chi connectivity index (χ4v) is 2.74. The average Bonchev–Trinajstić information content (AvgIpc) is 2.46. The van der Waals surface area contributed by atoms with Gasteiger partial charge < -0.3 is 10.1 Å². The molecule has 0 aliphatic carbocycles. The summed E-state index contributed by atoms with van der Waals surface area (Å²) in [6.45, 7) is 7.90. The van der Waals surface area contributed by atoms with Crippen LogP contribution in [0.4, 0.5) is 0 Å². The van der Waals surface area contributed by atoms with E-state index in [0.29, 0.717) is 12.1 Å². The molecule has 1 N–H and O–H groups in total. The fraction of sp³-hybridized carbons (Fsp3) is 0.600. The van der Waals surface area contributed by atoms with Crippen LogP contribution >= 0.6 is 0 Å². The van der Waals surface area contributed by atoms with Gasteiger partial charge in [0.15, 0.2) is 0 Å². The highest BCUT2D eigenvalue weighted by molar-refractivity contribution is 5.29. The highest BCUT2D eigenvalue weighted by Gasteiger charge is 2.25. The lowest BCUT2D eigenvalue weighted by Gasteiger charge is -2.40. The van der Waals surface area contributed by atoms with Gasteiger partial charge in [-0.2, -0.15) is 0 Å². The number of methoxy groups -OCH3 is 1. The molecule has 0 radical (unpaired) electrons. The Morgan fingerprint density at radius 2 is 2.11 bits per heavy atom. The van der Waals surface area contributed by atoms with Crippen molar-refractivity contribution in [3.05, 3.63) is 29.8 Å². The van der Waals surface area contributed by atoms with Crippen molar-refractivity contribution in [2.45, 2.75) is 32.4 Å². The summed E-state index contributed by atoms with van der Waals surface area (Å²) < 4.78 is 5.21. The molecule has 2 atom stereocenters. The molecule has 1 saturated heterocycles. The van der Waals surface area contributed by atoms with Gasteiger partial charge in [-0.3, -0.25) is 4.90 Å². The Labute approximate surface area is 110 Å². The molecule has 0 bridgehead atoms. The molecule has 0 saturated carbocycles. The molecule has 1 aromatic carbocycles. The summed E-state index contributed by atoms with van der Waals surface area (Å²) in [7, 11) is 1.71. The number of hydrogen-bond acceptors (Lipinski definition) is 3. The quantitative estimate of drug-likeness (QED) is 0.885. The number of nitrogens with zero attached hydrogens (tertiary/aromatic N) is 1. The van der Waals surface area contributed by atoms with Gasteiger partial charge in [-0.1, -0.05) is 19.1 Å². The molecule has 0 aromatic heterocycles. The summed E-state index contributed by atoms with van der Waals surface area (Å²) in [4.78, 5) is 2.61. The number of ether oxygens (including phenoxy) is 1. The maximum absolute atomic E-state index is 5.21. The standard InChI is InChI=1S/C15H24N2O/c1-4-14-11-16-9-10-17(14)12(2)13-5-7-15(18-3)8-6-13/h5-8,12,14,16H,4,9-11H2,1-3H3. The minimum Gasteiger partial charge on any atom is -0.497 e. The Balaban J connectivity index is 2.10. The third kappa shape index (κ3) is 2.85. The molecule has 1 heterocycles. The van der Waals surface area contributed by atoms with Gasteiger partial charge >= 0.3 is 0 Å². The number of benzene rings is 1. The van der Waals surface area contributed by atoms with Gasteiger partial charge in [0.2, 0.25) is 0 Å². The van der Waals surface area contributed by atoms with E-state index in [0.717, 1.165) is 25.4 Å². The zero-order chi connectivity index (χ0) is 13.0. The summed E-state index contributed by atoms with van der Waals surface area (Å²) in [5.74, 6) is 0.929. The first-order chi connectivity index (χ1) is 8.76. The smallest absolute Gasteiger partial charge is 0.118 e. The van der Waals surface area contributed by atoms with Gasteiger partial charge in [0, 0.05) is 31.7 Å². The molecule has 3 heteroatoms. The van der Waals surface area contributed by atoms with Crippen molar-refractivity contribution in [2.75, 3.05) is 26.7 Å². The first kappa shape index (κ1) is 13.4. The van der Waals surface area contributed by atoms with E-state index in [2.05, 4.69) is 48.3 Å². The predicted octanol–water partition coefficient (Wildman–Crippen LogP) is 2.44. The van der Waals surface area contributed by atoms with Crippen LogP contribution in [0.1, 0.15) is 31.9 Å². The van der Waals surface area contributed by atoms with Gasteiger partial charge in [-0.15, -0.1) is 0 Å². The second kappa shape index (κ2) is 6.21. The average molecular weight is 248 g/mol. The summed E-state index contributed by atoms with van der Waals surface area (Å²) in [6, 6.07) is 9.58. The Kier molecular flexibility index (Phi) is 4.61. The third-order valence-electron chi connectivity index (χ3n) is 3.96. The van der Waals surface area contributed by atoms with Crippen LogP contribution in [-0.2, 0) is 0 Å². The van der Waals surface area contributed by atoms with E-state index in [1.807, 2.05) is 0 Å². The van der Waals surface area contributed by atoms with Crippen molar-refractivity contribution in [1.29, 1.82) is 0 Å². The largest absolute Gasteiger partial charge is 0.497 e. The lowest BCUT2D eigenvalue weighted by molar-refractivity contribution is 0.112. The minimum atomic E-state index is 0.475. The molecule has 1 aliphatic rings. The van der Waals surface area contributed by atoms with Crippen LogP contribution in [0.5, 0.6) is 5.75 Å². The van der Waals surface area contributed by atoms with E-state index in [-0.39, 0.29) is 0 Å². The van der Waals surface area contributed by atoms with E-state index < -0.39 is 0 Å². The van der Waals surface area contributed by atoms with E-state index >= 15 is 0 Å². The van der Waals surface area contributed by atoms with E-state index in [1.54, 1.807) is 7.11 Å². The van der Waals surface area contributed by atoms with Crippen molar-refractivity contribution in [3.63, 3.8) is 0 Å². The monoisotopic (exact) mass is 248 g/mol. The predicted molar refractivity (Wildman–Crippen MR) is 75.1 cm³/mol. The number of nitrogens with one attached hydrogen (secondary N) is 1. The van der Waals surface area contributed by atoms with Gasteiger partial charge in [-0.25, -0.2) is 0 Å². The molecule has 1 aromatic rings. The SMILES string of the molecule is CCC1CNCCN1C(C)c1ccc(OC)cc1. The first-order valence-corrected chi connectivity index (χ1v) is 6.86. The summed E-state index contributed by atoms with van der Waals surface area (Å²) in [6.07, 6.45) is 1.20. The lowest BCUT2D eigenvalue weighted by Crippen LogP contribution is -2.51. The zero-order valence-corrected chi connectivity index (χ0v) is 11.6. The third-order valence-corrected chi connectivity index (χ3v) is 3.96. The Morgan fingerprint density at radius 1 is 1.39 bits per heavy atom. The molecule has 0 spiro atoms. The van der Waals surface area contributed by atoms with Crippen LogP contribution in [0.2, 0.25) is 0 Å². The van der Waals surface area contributed by atoms with Crippen molar-refractivity contribution in [2.24, 2.45) is 0 Å². The first-order valence-electron chi connectivity index (χ1n) is 6.86. The van der Waals surface area contributed by atoms with Crippen molar-refractivity contribution in [3.8, 4) is 5.75 Å². The molecule has 2 rings (SSSR count). The van der Waals surface area contributed by atoms with Crippen LogP contribution in [0.15, 0.2) is 24.3 Å². The summed E-state index contributed by atoms with van der Waals surface area (Å²) >= 11 is 0. The molecule has 1 fully saturated rings. The fourth-order valence-electron chi connectivity index (χ4n) is 2.74. The topological polar surface area (TPSA) is 24.5 Å². The Hall–Kier alpha value is -1.06. The zero-order valence-electron chi connectivity index (χ0n) is 11.6. The highest BCUT2D eigenvalue weighted by atomic mass is 16.5. The van der Waals surface area contributed by atoms with Crippen LogP contribution in [0.25, 0.3) is 0 Å². The number of piperazine rings is 1. The van der Waals surface area contributed by atoms with Gasteiger partial charge in [0.05, 0.1) is 7.11 Å². The molecule has 1 aliphatic heterocycles. The highest BCUT2D eigenvalue weighted by Crippen LogP contribution is 2.26. The van der Waals surface area contributed by atoms with Gasteiger partial charge in [0.25, 0.3) is 0 Å². The number of hydrogen-bond donors (Lipinski definition) is 1. The van der Waals surface area contributed by atoms with E-state index in [1.165, 1.54) is 12.0 Å². The van der Waals surface area contributed by atoms with Crippen LogP contribution in [0, 0.1) is 0 Å². The Morgan fingerprint density at radius 3 is 2.72 bits per heavy atom. The minimum absolute atomic E-state index is 0.475. The maximum atomic E-state index is 5.21. The Bertz CT molecular complexity index is 363. The number of rotatable bonds is 4. The van der Waals surface area contributed by atoms with Crippen molar-refractivity contribution in [1.82, 2.24) is 10.2 Å². The molecule has 100 valence electrons. The molecular formula is C15H24N2O. The lowest BCUT2D eigenvalue weighted by atomic mass is 10.0. The summed E-state index contributed by atoms with van der Waals surface area (Å²) in [5, 5.41) is 3.48. The van der Waals surface area contributed by atoms with Crippen LogP contribution in [-0.4, -0.2) is 37.7 Å². The van der Waals surface area contributed by atoms with Crippen molar-refractivity contribution < 1.29 is 4.74 Å². The molecule has 3 nitrogen and oxygen atoms in total. The molecule has 2 unspecified atom stereocenters. The van der Waals surface area contributed by atoms with Gasteiger partial charge in [-0.05, 0) is 31.0 Å². The van der Waals surface area contributed by atoms with Crippen molar-refractivity contribution >= 4 is 0 Å². The van der Waals surface area contributed by atoms with E-state index in [4.69, 9.17) is 4.74 Å². The molecule has 0 amide bonds. The maximum Gasteiger partial charge on any atom is 0.118 e. The summed E-state index contributed by atoms with van der Waals surface area (Å²) in [5.41, 5.74) is 1.37.